The number of rotatable bonds is 3. The van der Waals surface area contributed by atoms with Crippen LogP contribution in [0.25, 0.3) is 5.69 Å². The zero-order chi connectivity index (χ0) is 17.3. The summed E-state index contributed by atoms with van der Waals surface area (Å²) in [7, 11) is 0. The summed E-state index contributed by atoms with van der Waals surface area (Å²) in [5.74, 6) is 0.185. The van der Waals surface area contributed by atoms with Crippen molar-refractivity contribution in [3.8, 4) is 5.69 Å². The van der Waals surface area contributed by atoms with Crippen molar-refractivity contribution in [3.05, 3.63) is 47.3 Å². The van der Waals surface area contributed by atoms with Crippen molar-refractivity contribution in [2.24, 2.45) is 5.92 Å². The molecule has 0 spiro atoms. The number of carbonyl (C=O) groups is 1. The molecule has 1 aromatic heterocycles. The summed E-state index contributed by atoms with van der Waals surface area (Å²) < 4.78 is 1.83. The maximum Gasteiger partial charge on any atom is 0.257 e. The van der Waals surface area contributed by atoms with Crippen LogP contribution in [-0.2, 0) is 0 Å². The average molecular weight is 327 g/mol. The van der Waals surface area contributed by atoms with Crippen molar-refractivity contribution in [2.75, 3.05) is 13.1 Å². The molecule has 2 unspecified atom stereocenters. The molecular weight excluding hydrogens is 302 g/mol. The van der Waals surface area contributed by atoms with Crippen molar-refractivity contribution in [1.82, 2.24) is 14.7 Å². The molecule has 1 fully saturated rings. The first-order chi connectivity index (χ1) is 11.5. The minimum atomic E-state index is -0.380. The maximum absolute atomic E-state index is 13.0. The Balaban J connectivity index is 1.89. The van der Waals surface area contributed by atoms with Crippen LogP contribution in [0.5, 0.6) is 0 Å². The van der Waals surface area contributed by atoms with E-state index in [9.17, 15) is 9.90 Å². The van der Waals surface area contributed by atoms with E-state index in [2.05, 4.69) is 5.10 Å². The Morgan fingerprint density at radius 2 is 2.00 bits per heavy atom. The largest absolute Gasteiger partial charge is 0.393 e. The third kappa shape index (κ3) is 3.08. The van der Waals surface area contributed by atoms with Crippen molar-refractivity contribution in [1.29, 1.82) is 0 Å². The molecule has 5 heteroatoms. The minimum Gasteiger partial charge on any atom is -0.393 e. The molecule has 2 atom stereocenters. The molecule has 0 saturated carbocycles. The number of aromatic nitrogens is 2. The average Bonchev–Trinajstić information content (AvgIpc) is 2.89. The normalized spacial score (nSPS) is 19.3. The summed E-state index contributed by atoms with van der Waals surface area (Å²) in [5.41, 5.74) is 3.26. The van der Waals surface area contributed by atoms with Gasteiger partial charge in [-0.15, -0.1) is 0 Å². The van der Waals surface area contributed by atoms with Gasteiger partial charge in [-0.1, -0.05) is 18.2 Å². The van der Waals surface area contributed by atoms with E-state index < -0.39 is 0 Å². The number of aliphatic hydroxyl groups is 1. The van der Waals surface area contributed by atoms with Gasteiger partial charge in [0, 0.05) is 19.0 Å². The van der Waals surface area contributed by atoms with E-state index in [0.29, 0.717) is 12.1 Å². The number of carbonyl (C=O) groups excluding carboxylic acids is 1. The van der Waals surface area contributed by atoms with Crippen LogP contribution >= 0.6 is 0 Å². The third-order valence-corrected chi connectivity index (χ3v) is 4.93. The number of aliphatic hydroxyl groups excluding tert-OH is 1. The summed E-state index contributed by atoms with van der Waals surface area (Å²) in [6.07, 6.45) is 1.53. The van der Waals surface area contributed by atoms with E-state index in [4.69, 9.17) is 0 Å². The van der Waals surface area contributed by atoms with Crippen LogP contribution in [0, 0.1) is 19.8 Å². The van der Waals surface area contributed by atoms with Gasteiger partial charge >= 0.3 is 0 Å². The molecule has 0 radical (unpaired) electrons. The van der Waals surface area contributed by atoms with Crippen LogP contribution in [0.15, 0.2) is 30.3 Å². The summed E-state index contributed by atoms with van der Waals surface area (Å²) in [4.78, 5) is 14.9. The molecule has 1 amide bonds. The highest BCUT2D eigenvalue weighted by Crippen LogP contribution is 2.24. The van der Waals surface area contributed by atoms with Crippen LogP contribution < -0.4 is 0 Å². The molecule has 1 aliphatic rings. The lowest BCUT2D eigenvalue weighted by Crippen LogP contribution is -2.43. The molecule has 1 N–H and O–H groups in total. The Bertz CT molecular complexity index is 722. The lowest BCUT2D eigenvalue weighted by Gasteiger charge is -2.34. The van der Waals surface area contributed by atoms with Gasteiger partial charge in [0.05, 0.1) is 28.7 Å². The fourth-order valence-electron chi connectivity index (χ4n) is 3.52. The maximum atomic E-state index is 13.0. The molecular formula is C19H25N3O2. The fourth-order valence-corrected chi connectivity index (χ4v) is 3.52. The summed E-state index contributed by atoms with van der Waals surface area (Å²) in [6, 6.07) is 9.86. The Hall–Kier alpha value is -2.14. The number of piperidine rings is 1. The minimum absolute atomic E-state index is 0.0255. The van der Waals surface area contributed by atoms with Gasteiger partial charge in [-0.05, 0) is 45.7 Å². The van der Waals surface area contributed by atoms with Gasteiger partial charge in [0.15, 0.2) is 0 Å². The Morgan fingerprint density at radius 1 is 1.29 bits per heavy atom. The molecule has 0 aliphatic carbocycles. The molecule has 1 aliphatic heterocycles. The third-order valence-electron chi connectivity index (χ3n) is 4.93. The van der Waals surface area contributed by atoms with Crippen molar-refractivity contribution in [2.45, 2.75) is 39.7 Å². The van der Waals surface area contributed by atoms with Crippen molar-refractivity contribution < 1.29 is 9.90 Å². The van der Waals surface area contributed by atoms with Crippen LogP contribution in [0.3, 0.4) is 0 Å². The van der Waals surface area contributed by atoms with Crippen molar-refractivity contribution in [3.63, 3.8) is 0 Å². The van der Waals surface area contributed by atoms with Crippen LogP contribution in [0.2, 0.25) is 0 Å². The zero-order valence-corrected chi connectivity index (χ0v) is 14.6. The van der Waals surface area contributed by atoms with E-state index in [1.807, 2.05) is 60.7 Å². The molecule has 1 aromatic carbocycles. The van der Waals surface area contributed by atoms with Gasteiger partial charge in [-0.25, -0.2) is 4.68 Å². The predicted molar refractivity (Wildman–Crippen MR) is 93.3 cm³/mol. The number of aryl methyl sites for hydroxylation is 1. The molecule has 5 nitrogen and oxygen atoms in total. The number of para-hydroxylation sites is 1. The highest BCUT2D eigenvalue weighted by Gasteiger charge is 2.30. The van der Waals surface area contributed by atoms with Gasteiger partial charge < -0.3 is 10.0 Å². The van der Waals surface area contributed by atoms with E-state index in [1.54, 1.807) is 0 Å². The van der Waals surface area contributed by atoms with Crippen LogP contribution in [0.4, 0.5) is 0 Å². The van der Waals surface area contributed by atoms with E-state index in [-0.39, 0.29) is 17.9 Å². The zero-order valence-electron chi connectivity index (χ0n) is 14.6. The second-order valence-corrected chi connectivity index (χ2v) is 6.69. The summed E-state index contributed by atoms with van der Waals surface area (Å²) in [5, 5.41) is 14.4. The van der Waals surface area contributed by atoms with Crippen molar-refractivity contribution >= 4 is 5.91 Å². The first-order valence-electron chi connectivity index (χ1n) is 8.58. The first-order valence-corrected chi connectivity index (χ1v) is 8.58. The van der Waals surface area contributed by atoms with Gasteiger partial charge in [0.25, 0.3) is 5.91 Å². The highest BCUT2D eigenvalue weighted by molar-refractivity contribution is 5.96. The van der Waals surface area contributed by atoms with E-state index >= 15 is 0 Å². The summed E-state index contributed by atoms with van der Waals surface area (Å²) in [6.45, 7) is 7.00. The van der Waals surface area contributed by atoms with Crippen LogP contribution in [-0.4, -0.2) is 44.9 Å². The monoisotopic (exact) mass is 327 g/mol. The first kappa shape index (κ1) is 16.7. The Kier molecular flexibility index (Phi) is 4.71. The molecule has 24 heavy (non-hydrogen) atoms. The number of likely N-dealkylation sites (tertiary alicyclic amines) is 1. The number of benzene rings is 1. The SMILES string of the molecule is Cc1nn(-c2ccccc2)c(C)c1C(=O)N1CCCC(C(C)O)C1. The molecule has 2 heterocycles. The standard InChI is InChI=1S/C19H25N3O2/c1-13-18(14(2)22(20-13)17-9-5-4-6-10-17)19(24)21-11-7-8-16(12-21)15(3)23/h4-6,9-10,15-16,23H,7-8,11-12H2,1-3H3. The lowest BCUT2D eigenvalue weighted by molar-refractivity contribution is 0.0465. The number of hydrogen-bond donors (Lipinski definition) is 1. The van der Waals surface area contributed by atoms with Gasteiger partial charge in [-0.2, -0.15) is 5.10 Å². The van der Waals surface area contributed by atoms with Gasteiger partial charge in [0.2, 0.25) is 0 Å². The summed E-state index contributed by atoms with van der Waals surface area (Å²) >= 11 is 0. The number of nitrogens with zero attached hydrogens (tertiary/aromatic N) is 3. The topological polar surface area (TPSA) is 58.4 Å². The van der Waals surface area contributed by atoms with Gasteiger partial charge in [0.1, 0.15) is 0 Å². The second kappa shape index (κ2) is 6.77. The van der Waals surface area contributed by atoms with E-state index in [0.717, 1.165) is 36.5 Å². The van der Waals surface area contributed by atoms with Crippen LogP contribution in [0.1, 0.15) is 41.5 Å². The smallest absolute Gasteiger partial charge is 0.257 e. The molecule has 1 saturated heterocycles. The molecule has 2 aromatic rings. The van der Waals surface area contributed by atoms with E-state index in [1.165, 1.54) is 0 Å². The predicted octanol–water partition coefficient (Wildman–Crippen LogP) is 2.72. The Labute approximate surface area is 142 Å². The molecule has 0 bridgehead atoms. The quantitative estimate of drug-likeness (QED) is 0.943. The number of amides is 1. The fraction of sp³-hybridized carbons (Fsp3) is 0.474. The molecule has 3 rings (SSSR count). The van der Waals surface area contributed by atoms with Gasteiger partial charge in [-0.3, -0.25) is 4.79 Å². The second-order valence-electron chi connectivity index (χ2n) is 6.69. The number of hydrogen-bond acceptors (Lipinski definition) is 3. The highest BCUT2D eigenvalue weighted by atomic mass is 16.3. The Morgan fingerprint density at radius 3 is 2.67 bits per heavy atom. The lowest BCUT2D eigenvalue weighted by atomic mass is 9.93. The molecule has 128 valence electrons.